The van der Waals surface area contributed by atoms with Gasteiger partial charge in [-0.2, -0.15) is 0 Å². The maximum absolute atomic E-state index is 13.7. The Morgan fingerprint density at radius 1 is 1.20 bits per heavy atom. The van der Waals surface area contributed by atoms with Gasteiger partial charge < -0.3 is 5.32 Å². The molecule has 0 aliphatic heterocycles. The number of rotatable bonds is 4. The third kappa shape index (κ3) is 6.51. The van der Waals surface area contributed by atoms with Crippen LogP contribution in [0.3, 0.4) is 0 Å². The Balaban J connectivity index is 0.000000377. The van der Waals surface area contributed by atoms with E-state index in [2.05, 4.69) is 12.2 Å². The van der Waals surface area contributed by atoms with E-state index in [1.54, 1.807) is 30.4 Å². The lowest BCUT2D eigenvalue weighted by Gasteiger charge is -2.26. The number of aryl methyl sites for hydroxylation is 2. The van der Waals surface area contributed by atoms with Gasteiger partial charge in [0, 0.05) is 29.0 Å². The summed E-state index contributed by atoms with van der Waals surface area (Å²) in [5, 5.41) is 4.58. The second-order valence-corrected chi connectivity index (χ2v) is 12.2. The van der Waals surface area contributed by atoms with Gasteiger partial charge in [-0.05, 0) is 61.6 Å². The Labute approximate surface area is 184 Å². The first-order valence-corrected chi connectivity index (χ1v) is 13.8. The van der Waals surface area contributed by atoms with E-state index in [0.29, 0.717) is 0 Å². The van der Waals surface area contributed by atoms with Crippen LogP contribution >= 0.6 is 11.3 Å². The predicted octanol–water partition coefficient (Wildman–Crippen LogP) is 5.73. The fourth-order valence-corrected chi connectivity index (χ4v) is 5.02. The molecule has 1 saturated carbocycles. The van der Waals surface area contributed by atoms with E-state index in [0.717, 1.165) is 54.0 Å². The van der Waals surface area contributed by atoms with Gasteiger partial charge in [0.1, 0.15) is 15.7 Å². The van der Waals surface area contributed by atoms with E-state index in [4.69, 9.17) is 4.98 Å². The van der Waals surface area contributed by atoms with Crippen LogP contribution in [0.5, 0.6) is 0 Å². The number of nitrogens with zero attached hydrogens (tertiary/aromatic N) is 1. The Bertz CT molecular complexity index is 948. The normalized spacial score (nSPS) is 20.9. The maximum Gasteiger partial charge on any atom is 0.183 e. The van der Waals surface area contributed by atoms with Crippen LogP contribution in [0.1, 0.15) is 56.4 Å². The first kappa shape index (κ1) is 23.2. The highest BCUT2D eigenvalue weighted by Gasteiger charge is 2.21. The summed E-state index contributed by atoms with van der Waals surface area (Å²) in [6.07, 6.45) is 9.76. The number of benzene rings is 1. The second kappa shape index (κ2) is 10.2. The van der Waals surface area contributed by atoms with Crippen molar-refractivity contribution in [3.05, 3.63) is 34.5 Å². The summed E-state index contributed by atoms with van der Waals surface area (Å²) in [5.74, 6) is 1.74. The average Bonchev–Trinajstić information content (AvgIpc) is 3.04. The summed E-state index contributed by atoms with van der Waals surface area (Å²) in [6, 6.07) is 5.15. The number of halogens is 1. The molecule has 0 spiro atoms. The summed E-state index contributed by atoms with van der Waals surface area (Å²) in [4.78, 5) is 6.14. The van der Waals surface area contributed by atoms with Crippen molar-refractivity contribution >= 4 is 26.3 Å². The molecule has 1 aromatic heterocycles. The van der Waals surface area contributed by atoms with E-state index in [9.17, 15) is 12.8 Å². The average molecular weight is 453 g/mol. The van der Waals surface area contributed by atoms with Crippen molar-refractivity contribution in [1.29, 1.82) is 0 Å². The zero-order chi connectivity index (χ0) is 21.7. The number of sulfone groups is 1. The summed E-state index contributed by atoms with van der Waals surface area (Å²) in [5.41, 5.74) is 3.23. The van der Waals surface area contributed by atoms with E-state index in [1.165, 1.54) is 42.4 Å². The SMILES string of the molecule is CC1CCC(CNc2nc3c(s2)CCCc2ccc(F)cc2-3)CC1.CCS(C)(=O)=O. The van der Waals surface area contributed by atoms with Crippen molar-refractivity contribution in [3.63, 3.8) is 0 Å². The summed E-state index contributed by atoms with van der Waals surface area (Å²) >= 11 is 1.76. The molecule has 0 atom stereocenters. The number of fused-ring (bicyclic) bond motifs is 3. The fraction of sp³-hybridized carbons (Fsp3) is 0.609. The topological polar surface area (TPSA) is 59.1 Å². The van der Waals surface area contributed by atoms with Gasteiger partial charge in [0.05, 0.1) is 5.69 Å². The highest BCUT2D eigenvalue weighted by Crippen LogP contribution is 2.38. The summed E-state index contributed by atoms with van der Waals surface area (Å²) < 4.78 is 33.7. The minimum absolute atomic E-state index is 0.166. The molecule has 4 rings (SSSR count). The van der Waals surface area contributed by atoms with Gasteiger partial charge in [-0.1, -0.05) is 32.8 Å². The summed E-state index contributed by atoms with van der Waals surface area (Å²) in [6.45, 7) is 5.00. The van der Waals surface area contributed by atoms with Gasteiger partial charge in [-0.25, -0.2) is 17.8 Å². The Kier molecular flexibility index (Phi) is 7.91. The van der Waals surface area contributed by atoms with Crippen molar-refractivity contribution in [2.45, 2.75) is 58.8 Å². The van der Waals surface area contributed by atoms with Gasteiger partial charge in [-0.15, -0.1) is 11.3 Å². The molecule has 1 aromatic carbocycles. The molecule has 7 heteroatoms. The zero-order valence-corrected chi connectivity index (χ0v) is 19.8. The molecule has 0 radical (unpaired) electrons. The first-order valence-electron chi connectivity index (χ1n) is 10.9. The van der Waals surface area contributed by atoms with Crippen LogP contribution in [0.2, 0.25) is 0 Å². The van der Waals surface area contributed by atoms with Crippen LogP contribution in [-0.4, -0.2) is 32.0 Å². The Hall–Kier alpha value is -1.47. The van der Waals surface area contributed by atoms with Crippen LogP contribution < -0.4 is 5.32 Å². The largest absolute Gasteiger partial charge is 0.361 e. The van der Waals surface area contributed by atoms with Gasteiger partial charge in [0.2, 0.25) is 0 Å². The van der Waals surface area contributed by atoms with Crippen LogP contribution in [0.25, 0.3) is 11.3 Å². The Morgan fingerprint density at radius 3 is 2.57 bits per heavy atom. The van der Waals surface area contributed by atoms with Crippen molar-refractivity contribution in [2.24, 2.45) is 11.8 Å². The lowest BCUT2D eigenvalue weighted by molar-refractivity contribution is 0.300. The minimum atomic E-state index is -2.66. The molecular weight excluding hydrogens is 419 g/mol. The molecular formula is C23H33FN2O2S2. The highest BCUT2D eigenvalue weighted by molar-refractivity contribution is 7.90. The van der Waals surface area contributed by atoms with Crippen LogP contribution in [0.4, 0.5) is 9.52 Å². The molecule has 2 aromatic rings. The number of nitrogens with one attached hydrogen (secondary N) is 1. The molecule has 2 aliphatic rings. The molecule has 2 aliphatic carbocycles. The van der Waals surface area contributed by atoms with E-state index < -0.39 is 9.84 Å². The number of thiazole rings is 1. The molecule has 1 fully saturated rings. The van der Waals surface area contributed by atoms with Gasteiger partial charge in [0.25, 0.3) is 0 Å². The van der Waals surface area contributed by atoms with Gasteiger partial charge in [0.15, 0.2) is 5.13 Å². The van der Waals surface area contributed by atoms with Gasteiger partial charge in [-0.3, -0.25) is 0 Å². The molecule has 0 bridgehead atoms. The van der Waals surface area contributed by atoms with Crippen LogP contribution in [0, 0.1) is 17.7 Å². The number of hydrogen-bond donors (Lipinski definition) is 1. The summed E-state index contributed by atoms with van der Waals surface area (Å²) in [7, 11) is -2.66. The lowest BCUT2D eigenvalue weighted by Crippen LogP contribution is -2.20. The first-order chi connectivity index (χ1) is 14.2. The molecule has 0 saturated heterocycles. The molecule has 1 N–H and O–H groups in total. The second-order valence-electron chi connectivity index (χ2n) is 8.67. The van der Waals surface area contributed by atoms with Crippen molar-refractivity contribution in [3.8, 4) is 11.3 Å². The molecule has 0 amide bonds. The molecule has 30 heavy (non-hydrogen) atoms. The zero-order valence-electron chi connectivity index (χ0n) is 18.2. The quantitative estimate of drug-likeness (QED) is 0.644. The van der Waals surface area contributed by atoms with E-state index >= 15 is 0 Å². The molecule has 166 valence electrons. The van der Waals surface area contributed by atoms with E-state index in [1.807, 2.05) is 6.07 Å². The lowest BCUT2D eigenvalue weighted by atomic mass is 9.83. The van der Waals surface area contributed by atoms with Crippen molar-refractivity contribution < 1.29 is 12.8 Å². The van der Waals surface area contributed by atoms with Crippen LogP contribution in [-0.2, 0) is 22.7 Å². The highest BCUT2D eigenvalue weighted by atomic mass is 32.2. The number of anilines is 1. The standard InChI is InChI=1S/C20H25FN2S.C3H8O2S/c1-13-5-7-14(8-6-13)12-22-20-23-19-17-11-16(21)10-9-15(17)3-2-4-18(19)24-20;1-3-6(2,4)5/h9-11,13-14H,2-8,12H2,1H3,(H,22,23);3H2,1-2H3. The maximum atomic E-state index is 13.7. The number of aromatic nitrogens is 1. The fourth-order valence-electron chi connectivity index (χ4n) is 4.00. The van der Waals surface area contributed by atoms with Crippen molar-refractivity contribution in [2.75, 3.05) is 23.9 Å². The Morgan fingerprint density at radius 2 is 1.90 bits per heavy atom. The van der Waals surface area contributed by atoms with Crippen LogP contribution in [0.15, 0.2) is 18.2 Å². The molecule has 1 heterocycles. The monoisotopic (exact) mass is 452 g/mol. The minimum Gasteiger partial charge on any atom is -0.361 e. The van der Waals surface area contributed by atoms with Gasteiger partial charge >= 0.3 is 0 Å². The smallest absolute Gasteiger partial charge is 0.183 e. The van der Waals surface area contributed by atoms with E-state index in [-0.39, 0.29) is 11.6 Å². The van der Waals surface area contributed by atoms with Crippen molar-refractivity contribution in [1.82, 2.24) is 4.98 Å². The molecule has 4 nitrogen and oxygen atoms in total. The number of hydrogen-bond acceptors (Lipinski definition) is 5. The predicted molar refractivity (Wildman–Crippen MR) is 125 cm³/mol. The third-order valence-corrected chi connectivity index (χ3v) is 8.20. The molecule has 0 unspecified atom stereocenters. The third-order valence-electron chi connectivity index (χ3n) is 6.08.